The fourth-order valence-electron chi connectivity index (χ4n) is 1.59. The average Bonchev–Trinajstić information content (AvgIpc) is 2.96. The zero-order valence-electron chi connectivity index (χ0n) is 10.3. The minimum Gasteiger partial charge on any atom is -0.409 e. The molecule has 1 heterocycles. The maximum Gasteiger partial charge on any atom is 0.213 e. The second-order valence-corrected chi connectivity index (χ2v) is 3.96. The first-order chi connectivity index (χ1) is 9.29. The molecule has 7 nitrogen and oxygen atoms in total. The molecule has 0 aliphatic rings. The highest BCUT2D eigenvalue weighted by molar-refractivity contribution is 5.96. The van der Waals surface area contributed by atoms with Gasteiger partial charge in [0, 0.05) is 25.1 Å². The normalized spacial score (nSPS) is 11.7. The van der Waals surface area contributed by atoms with Gasteiger partial charge < -0.3 is 20.8 Å². The van der Waals surface area contributed by atoms with Crippen LogP contribution >= 0.6 is 0 Å². The Morgan fingerprint density at radius 3 is 2.79 bits per heavy atom. The lowest BCUT2D eigenvalue weighted by atomic mass is 10.1. The van der Waals surface area contributed by atoms with Crippen LogP contribution in [0.25, 0.3) is 0 Å². The molecule has 1 aromatic carbocycles. The topological polar surface area (TPSA) is 110 Å². The summed E-state index contributed by atoms with van der Waals surface area (Å²) in [5, 5.41) is 18.5. The summed E-state index contributed by atoms with van der Waals surface area (Å²) < 4.78 is 4.64. The van der Waals surface area contributed by atoms with Gasteiger partial charge in [0.1, 0.15) is 0 Å². The van der Waals surface area contributed by atoms with Crippen LogP contribution in [0.2, 0.25) is 0 Å². The number of oxime groups is 1. The summed E-state index contributed by atoms with van der Waals surface area (Å²) in [4.78, 5) is 3.93. The lowest BCUT2D eigenvalue weighted by Gasteiger charge is -2.04. The molecule has 19 heavy (non-hydrogen) atoms. The van der Waals surface area contributed by atoms with Crippen molar-refractivity contribution in [3.63, 3.8) is 0 Å². The number of amidine groups is 1. The van der Waals surface area contributed by atoms with E-state index in [1.54, 1.807) is 0 Å². The molecule has 0 aliphatic carbocycles. The second-order valence-electron chi connectivity index (χ2n) is 3.96. The van der Waals surface area contributed by atoms with Crippen LogP contribution in [0.15, 0.2) is 40.3 Å². The highest BCUT2D eigenvalue weighted by atomic mass is 16.5. The summed E-state index contributed by atoms with van der Waals surface area (Å²) in [6.45, 7) is 1.50. The van der Waals surface area contributed by atoms with Crippen molar-refractivity contribution in [1.82, 2.24) is 15.5 Å². The van der Waals surface area contributed by atoms with Crippen LogP contribution in [0.3, 0.4) is 0 Å². The minimum atomic E-state index is 0.108. The third-order valence-electron chi connectivity index (χ3n) is 2.62. The van der Waals surface area contributed by atoms with E-state index >= 15 is 0 Å². The smallest absolute Gasteiger partial charge is 0.213 e. The van der Waals surface area contributed by atoms with E-state index in [1.165, 1.54) is 6.39 Å². The van der Waals surface area contributed by atoms with Crippen molar-refractivity contribution in [2.75, 3.05) is 6.54 Å². The molecule has 2 aromatic rings. The fraction of sp³-hybridized carbons (Fsp3) is 0.250. The van der Waals surface area contributed by atoms with E-state index in [9.17, 15) is 0 Å². The summed E-state index contributed by atoms with van der Waals surface area (Å²) in [5.41, 5.74) is 7.29. The van der Waals surface area contributed by atoms with Crippen molar-refractivity contribution < 1.29 is 9.73 Å². The zero-order chi connectivity index (χ0) is 13.5. The van der Waals surface area contributed by atoms with Crippen LogP contribution in [-0.2, 0) is 13.0 Å². The SMILES string of the molecule is N/C(=N/O)c1ccc(CNCCc2ncon2)cc1. The first-order valence-corrected chi connectivity index (χ1v) is 5.82. The number of aromatic nitrogens is 2. The molecule has 100 valence electrons. The summed E-state index contributed by atoms with van der Waals surface area (Å²) in [6, 6.07) is 7.47. The van der Waals surface area contributed by atoms with E-state index in [2.05, 4.69) is 25.1 Å². The summed E-state index contributed by atoms with van der Waals surface area (Å²) in [7, 11) is 0. The number of hydrogen-bond acceptors (Lipinski definition) is 6. The van der Waals surface area contributed by atoms with E-state index < -0.39 is 0 Å². The van der Waals surface area contributed by atoms with Crippen molar-refractivity contribution in [3.05, 3.63) is 47.6 Å². The maximum atomic E-state index is 8.55. The molecule has 0 radical (unpaired) electrons. The van der Waals surface area contributed by atoms with E-state index in [0.29, 0.717) is 11.4 Å². The Labute approximate surface area is 110 Å². The number of nitrogens with two attached hydrogens (primary N) is 1. The van der Waals surface area contributed by atoms with Gasteiger partial charge in [-0.05, 0) is 5.56 Å². The average molecular weight is 261 g/mol. The number of nitrogens with one attached hydrogen (secondary N) is 1. The van der Waals surface area contributed by atoms with Crippen LogP contribution in [0.4, 0.5) is 0 Å². The molecule has 0 fully saturated rings. The third kappa shape index (κ3) is 3.78. The Kier molecular flexibility index (Phi) is 4.46. The Morgan fingerprint density at radius 2 is 2.16 bits per heavy atom. The first-order valence-electron chi connectivity index (χ1n) is 5.82. The fourth-order valence-corrected chi connectivity index (χ4v) is 1.59. The Balaban J connectivity index is 1.77. The minimum absolute atomic E-state index is 0.108. The van der Waals surface area contributed by atoms with Crippen molar-refractivity contribution in [2.45, 2.75) is 13.0 Å². The van der Waals surface area contributed by atoms with E-state index in [-0.39, 0.29) is 5.84 Å². The van der Waals surface area contributed by atoms with Crippen LogP contribution in [0.5, 0.6) is 0 Å². The van der Waals surface area contributed by atoms with Gasteiger partial charge in [-0.1, -0.05) is 34.6 Å². The predicted octanol–water partition coefficient (Wildman–Crippen LogP) is 0.496. The molecule has 1 aromatic heterocycles. The molecule has 0 bridgehead atoms. The lowest BCUT2D eigenvalue weighted by molar-refractivity contribution is 0.318. The molecule has 0 saturated carbocycles. The van der Waals surface area contributed by atoms with E-state index in [4.69, 9.17) is 10.9 Å². The van der Waals surface area contributed by atoms with Gasteiger partial charge in [0.25, 0.3) is 0 Å². The van der Waals surface area contributed by atoms with Gasteiger partial charge in [-0.15, -0.1) is 0 Å². The van der Waals surface area contributed by atoms with Crippen molar-refractivity contribution in [2.24, 2.45) is 10.9 Å². The van der Waals surface area contributed by atoms with Crippen LogP contribution in [0.1, 0.15) is 17.0 Å². The maximum absolute atomic E-state index is 8.55. The van der Waals surface area contributed by atoms with Gasteiger partial charge >= 0.3 is 0 Å². The molecule has 0 amide bonds. The van der Waals surface area contributed by atoms with E-state index in [1.807, 2.05) is 24.3 Å². The van der Waals surface area contributed by atoms with Gasteiger partial charge in [0.2, 0.25) is 6.39 Å². The second kappa shape index (κ2) is 6.50. The molecule has 2 rings (SSSR count). The third-order valence-corrected chi connectivity index (χ3v) is 2.62. The Hall–Kier alpha value is -2.41. The van der Waals surface area contributed by atoms with Gasteiger partial charge in [0.15, 0.2) is 11.7 Å². The van der Waals surface area contributed by atoms with Crippen molar-refractivity contribution in [3.8, 4) is 0 Å². The highest BCUT2D eigenvalue weighted by Crippen LogP contribution is 2.04. The summed E-state index contributed by atoms with van der Waals surface area (Å²) in [6.07, 6.45) is 2.04. The number of rotatable bonds is 6. The quantitative estimate of drug-likeness (QED) is 0.229. The molecule has 0 aliphatic heterocycles. The molecule has 7 heteroatoms. The predicted molar refractivity (Wildman–Crippen MR) is 68.7 cm³/mol. The van der Waals surface area contributed by atoms with Gasteiger partial charge in [-0.3, -0.25) is 0 Å². The lowest BCUT2D eigenvalue weighted by Crippen LogP contribution is -2.17. The summed E-state index contributed by atoms with van der Waals surface area (Å²) >= 11 is 0. The Morgan fingerprint density at radius 1 is 1.37 bits per heavy atom. The van der Waals surface area contributed by atoms with E-state index in [0.717, 1.165) is 25.1 Å². The molecular formula is C12H15N5O2. The number of hydrogen-bond donors (Lipinski definition) is 3. The standard InChI is InChI=1S/C12H15N5O2/c13-12(16-18)10-3-1-9(2-4-10)7-14-6-5-11-15-8-19-17-11/h1-4,8,14,18H,5-7H2,(H2,13,16). The highest BCUT2D eigenvalue weighted by Gasteiger charge is 2.00. The monoisotopic (exact) mass is 261 g/mol. The summed E-state index contributed by atoms with van der Waals surface area (Å²) in [5.74, 6) is 0.798. The van der Waals surface area contributed by atoms with Crippen LogP contribution < -0.4 is 11.1 Å². The van der Waals surface area contributed by atoms with Crippen LogP contribution in [-0.4, -0.2) is 27.7 Å². The Bertz CT molecular complexity index is 522. The van der Waals surface area contributed by atoms with Gasteiger partial charge in [0.05, 0.1) is 0 Å². The number of nitrogens with zero attached hydrogens (tertiary/aromatic N) is 3. The van der Waals surface area contributed by atoms with Gasteiger partial charge in [-0.2, -0.15) is 4.98 Å². The molecule has 0 atom stereocenters. The molecular weight excluding hydrogens is 246 g/mol. The molecule has 0 spiro atoms. The molecule has 4 N–H and O–H groups in total. The largest absolute Gasteiger partial charge is 0.409 e. The van der Waals surface area contributed by atoms with Crippen LogP contribution in [0, 0.1) is 0 Å². The first kappa shape index (κ1) is 13.0. The van der Waals surface area contributed by atoms with Gasteiger partial charge in [-0.25, -0.2) is 0 Å². The zero-order valence-corrected chi connectivity index (χ0v) is 10.3. The number of benzene rings is 1. The van der Waals surface area contributed by atoms with Crippen molar-refractivity contribution >= 4 is 5.84 Å². The molecule has 0 saturated heterocycles. The van der Waals surface area contributed by atoms with Crippen molar-refractivity contribution in [1.29, 1.82) is 0 Å². The molecule has 0 unspecified atom stereocenters.